The molecular weight excluding hydrogens is 188 g/mol. The topological polar surface area (TPSA) is 33.2 Å². The fourth-order valence-corrected chi connectivity index (χ4v) is 2.20. The molecule has 0 saturated carbocycles. The SMILES string of the molecule is CCCN1C(=O)c2cccnc2C1(C)C. The van der Waals surface area contributed by atoms with Crippen LogP contribution in [0.5, 0.6) is 0 Å². The summed E-state index contributed by atoms with van der Waals surface area (Å²) < 4.78 is 0. The molecule has 3 heteroatoms. The molecule has 1 aliphatic rings. The van der Waals surface area contributed by atoms with E-state index in [0.29, 0.717) is 0 Å². The van der Waals surface area contributed by atoms with Gasteiger partial charge in [0, 0.05) is 12.7 Å². The number of carbonyl (C=O) groups is 1. The second-order valence-electron chi connectivity index (χ2n) is 4.42. The Morgan fingerprint density at radius 1 is 1.47 bits per heavy atom. The third-order valence-corrected chi connectivity index (χ3v) is 2.98. The number of pyridine rings is 1. The van der Waals surface area contributed by atoms with Crippen LogP contribution >= 0.6 is 0 Å². The van der Waals surface area contributed by atoms with Crippen LogP contribution in [-0.4, -0.2) is 22.3 Å². The summed E-state index contributed by atoms with van der Waals surface area (Å²) in [6, 6.07) is 3.68. The highest BCUT2D eigenvalue weighted by Gasteiger charge is 2.43. The number of hydrogen-bond donors (Lipinski definition) is 0. The van der Waals surface area contributed by atoms with Crippen molar-refractivity contribution in [2.24, 2.45) is 0 Å². The highest BCUT2D eigenvalue weighted by Crippen LogP contribution is 2.36. The smallest absolute Gasteiger partial charge is 0.256 e. The van der Waals surface area contributed by atoms with Crippen LogP contribution in [0.4, 0.5) is 0 Å². The molecule has 1 aromatic rings. The predicted molar refractivity (Wildman–Crippen MR) is 58.6 cm³/mol. The van der Waals surface area contributed by atoms with Crippen LogP contribution in [-0.2, 0) is 5.54 Å². The van der Waals surface area contributed by atoms with E-state index in [-0.39, 0.29) is 11.4 Å². The molecule has 0 unspecified atom stereocenters. The lowest BCUT2D eigenvalue weighted by atomic mass is 9.99. The lowest BCUT2D eigenvalue weighted by molar-refractivity contribution is 0.0615. The largest absolute Gasteiger partial charge is 0.328 e. The third-order valence-electron chi connectivity index (χ3n) is 2.98. The second-order valence-corrected chi connectivity index (χ2v) is 4.42. The monoisotopic (exact) mass is 204 g/mol. The molecule has 1 aliphatic heterocycles. The molecule has 0 spiro atoms. The van der Waals surface area contributed by atoms with Gasteiger partial charge in [0.15, 0.2) is 0 Å². The van der Waals surface area contributed by atoms with E-state index in [1.54, 1.807) is 6.20 Å². The Bertz CT molecular complexity index is 398. The number of rotatable bonds is 2. The Kier molecular flexibility index (Phi) is 2.25. The number of nitrogens with zero attached hydrogens (tertiary/aromatic N) is 2. The zero-order valence-electron chi connectivity index (χ0n) is 9.45. The minimum atomic E-state index is -0.260. The van der Waals surface area contributed by atoms with E-state index in [4.69, 9.17) is 0 Å². The van der Waals surface area contributed by atoms with Crippen molar-refractivity contribution in [1.82, 2.24) is 9.88 Å². The molecule has 3 nitrogen and oxygen atoms in total. The first kappa shape index (κ1) is 10.1. The summed E-state index contributed by atoms with van der Waals surface area (Å²) in [4.78, 5) is 18.3. The summed E-state index contributed by atoms with van der Waals surface area (Å²) in [6.45, 7) is 6.99. The predicted octanol–water partition coefficient (Wildman–Crippen LogP) is 2.18. The maximum absolute atomic E-state index is 12.1. The molecule has 0 N–H and O–H groups in total. The van der Waals surface area contributed by atoms with Crippen LogP contribution in [0, 0.1) is 0 Å². The van der Waals surface area contributed by atoms with Crippen molar-refractivity contribution in [3.63, 3.8) is 0 Å². The molecule has 1 amide bonds. The number of fused-ring (bicyclic) bond motifs is 1. The molecule has 0 aliphatic carbocycles. The Morgan fingerprint density at radius 3 is 2.80 bits per heavy atom. The van der Waals surface area contributed by atoms with Gasteiger partial charge >= 0.3 is 0 Å². The van der Waals surface area contributed by atoms with Crippen LogP contribution in [0.15, 0.2) is 18.3 Å². The quantitative estimate of drug-likeness (QED) is 0.739. The number of aromatic nitrogens is 1. The fourth-order valence-electron chi connectivity index (χ4n) is 2.20. The van der Waals surface area contributed by atoms with E-state index >= 15 is 0 Å². The van der Waals surface area contributed by atoms with Gasteiger partial charge in [0.2, 0.25) is 0 Å². The lowest BCUT2D eigenvalue weighted by Gasteiger charge is -2.31. The average Bonchev–Trinajstić information content (AvgIpc) is 2.41. The Morgan fingerprint density at radius 2 is 2.20 bits per heavy atom. The Hall–Kier alpha value is -1.38. The normalized spacial score (nSPS) is 18.1. The van der Waals surface area contributed by atoms with Crippen molar-refractivity contribution in [2.45, 2.75) is 32.7 Å². The van der Waals surface area contributed by atoms with Gasteiger partial charge in [0.1, 0.15) is 0 Å². The van der Waals surface area contributed by atoms with Crippen molar-refractivity contribution < 1.29 is 4.79 Å². The minimum absolute atomic E-state index is 0.116. The average molecular weight is 204 g/mol. The maximum Gasteiger partial charge on any atom is 0.256 e. The molecule has 80 valence electrons. The van der Waals surface area contributed by atoms with Crippen LogP contribution < -0.4 is 0 Å². The standard InChI is InChI=1S/C12H16N2O/c1-4-8-14-11(15)9-6-5-7-13-10(9)12(14,2)3/h5-7H,4,8H2,1-3H3. The van der Waals surface area contributed by atoms with E-state index in [2.05, 4.69) is 25.8 Å². The van der Waals surface area contributed by atoms with Crippen LogP contribution in [0.3, 0.4) is 0 Å². The molecule has 0 aromatic carbocycles. The van der Waals surface area contributed by atoms with Crippen molar-refractivity contribution in [2.75, 3.05) is 6.54 Å². The summed E-state index contributed by atoms with van der Waals surface area (Å²) in [7, 11) is 0. The minimum Gasteiger partial charge on any atom is -0.328 e. The van der Waals surface area contributed by atoms with Gasteiger partial charge in [-0.15, -0.1) is 0 Å². The number of hydrogen-bond acceptors (Lipinski definition) is 2. The molecule has 2 rings (SSSR count). The van der Waals surface area contributed by atoms with Gasteiger partial charge in [-0.25, -0.2) is 0 Å². The van der Waals surface area contributed by atoms with E-state index < -0.39 is 0 Å². The highest BCUT2D eigenvalue weighted by atomic mass is 16.2. The van der Waals surface area contributed by atoms with Gasteiger partial charge in [-0.05, 0) is 32.4 Å². The van der Waals surface area contributed by atoms with Crippen LogP contribution in [0.2, 0.25) is 0 Å². The van der Waals surface area contributed by atoms with E-state index in [1.165, 1.54) is 0 Å². The van der Waals surface area contributed by atoms with Gasteiger partial charge in [-0.3, -0.25) is 9.78 Å². The summed E-state index contributed by atoms with van der Waals surface area (Å²) >= 11 is 0. The molecule has 0 fully saturated rings. The first-order valence-electron chi connectivity index (χ1n) is 5.36. The van der Waals surface area contributed by atoms with E-state index in [1.807, 2.05) is 17.0 Å². The number of amides is 1. The Labute approximate surface area is 90.1 Å². The van der Waals surface area contributed by atoms with Gasteiger partial charge in [-0.1, -0.05) is 6.92 Å². The molecule has 15 heavy (non-hydrogen) atoms. The van der Waals surface area contributed by atoms with Crippen molar-refractivity contribution in [1.29, 1.82) is 0 Å². The van der Waals surface area contributed by atoms with E-state index in [9.17, 15) is 4.79 Å². The molecule has 0 atom stereocenters. The molecular formula is C12H16N2O. The highest BCUT2D eigenvalue weighted by molar-refractivity contribution is 5.99. The van der Waals surface area contributed by atoms with Gasteiger partial charge in [-0.2, -0.15) is 0 Å². The molecule has 0 bridgehead atoms. The molecule has 0 radical (unpaired) electrons. The van der Waals surface area contributed by atoms with Crippen molar-refractivity contribution in [3.8, 4) is 0 Å². The zero-order valence-corrected chi connectivity index (χ0v) is 9.45. The summed E-state index contributed by atoms with van der Waals surface area (Å²) in [5.41, 5.74) is 1.41. The fraction of sp³-hybridized carbons (Fsp3) is 0.500. The Balaban J connectivity index is 2.50. The summed E-state index contributed by atoms with van der Waals surface area (Å²) in [6.07, 6.45) is 2.73. The van der Waals surface area contributed by atoms with Crippen LogP contribution in [0.25, 0.3) is 0 Å². The summed E-state index contributed by atoms with van der Waals surface area (Å²) in [5.74, 6) is 0.116. The first-order chi connectivity index (χ1) is 7.09. The number of carbonyl (C=O) groups excluding carboxylic acids is 1. The molecule has 0 saturated heterocycles. The third kappa shape index (κ3) is 1.34. The maximum atomic E-state index is 12.1. The van der Waals surface area contributed by atoms with Crippen molar-refractivity contribution >= 4 is 5.91 Å². The lowest BCUT2D eigenvalue weighted by Crippen LogP contribution is -2.39. The summed E-state index contributed by atoms with van der Waals surface area (Å²) in [5, 5.41) is 0. The second kappa shape index (κ2) is 3.33. The van der Waals surface area contributed by atoms with Gasteiger partial charge in [0.25, 0.3) is 5.91 Å². The molecule has 1 aromatic heterocycles. The van der Waals surface area contributed by atoms with Gasteiger partial charge < -0.3 is 4.90 Å². The van der Waals surface area contributed by atoms with E-state index in [0.717, 1.165) is 24.2 Å². The van der Waals surface area contributed by atoms with Crippen LogP contribution in [0.1, 0.15) is 43.2 Å². The van der Waals surface area contributed by atoms with Crippen molar-refractivity contribution in [3.05, 3.63) is 29.6 Å². The zero-order chi connectivity index (χ0) is 11.1. The first-order valence-corrected chi connectivity index (χ1v) is 5.36. The molecule has 2 heterocycles. The van der Waals surface area contributed by atoms with Gasteiger partial charge in [0.05, 0.1) is 16.8 Å².